The second kappa shape index (κ2) is 5.40. The predicted molar refractivity (Wildman–Crippen MR) is 72.3 cm³/mol. The van der Waals surface area contributed by atoms with Crippen molar-refractivity contribution in [2.24, 2.45) is 0 Å². The van der Waals surface area contributed by atoms with Crippen molar-refractivity contribution in [1.29, 1.82) is 5.26 Å². The molecular formula is C15H14N2O2. The molecule has 4 heteroatoms. The Morgan fingerprint density at radius 2 is 2.16 bits per heavy atom. The van der Waals surface area contributed by atoms with Crippen LogP contribution in [0.2, 0.25) is 0 Å². The second-order valence-electron chi connectivity index (χ2n) is 4.27. The Morgan fingerprint density at radius 1 is 1.37 bits per heavy atom. The Morgan fingerprint density at radius 3 is 2.84 bits per heavy atom. The molecule has 0 amide bonds. The average Bonchev–Trinajstić information content (AvgIpc) is 2.43. The third kappa shape index (κ3) is 2.66. The van der Waals surface area contributed by atoms with Crippen LogP contribution in [0.15, 0.2) is 41.3 Å². The number of hydrogen-bond acceptors (Lipinski definition) is 3. The average molecular weight is 254 g/mol. The smallest absolute Gasteiger partial charge is 0.253 e. The zero-order valence-corrected chi connectivity index (χ0v) is 10.9. The number of aromatic nitrogens is 1. The molecule has 96 valence electrons. The molecule has 0 fully saturated rings. The summed E-state index contributed by atoms with van der Waals surface area (Å²) in [6, 6.07) is 11.0. The van der Waals surface area contributed by atoms with Crippen LogP contribution in [0, 0.1) is 18.3 Å². The Bertz CT molecular complexity index is 696. The number of rotatable bonds is 3. The standard InChI is InChI=1S/C15H14N2O2/c1-11-4-3-7-17(15(11)18)10-12-5-6-13(9-16)14(8-12)19-2/h3-8H,10H2,1-2H3. The molecule has 0 spiro atoms. The van der Waals surface area contributed by atoms with Crippen molar-refractivity contribution in [1.82, 2.24) is 4.57 Å². The van der Waals surface area contributed by atoms with Crippen molar-refractivity contribution in [3.8, 4) is 11.8 Å². The maximum absolute atomic E-state index is 11.9. The summed E-state index contributed by atoms with van der Waals surface area (Å²) in [6.07, 6.45) is 1.75. The summed E-state index contributed by atoms with van der Waals surface area (Å²) in [5.74, 6) is 0.528. The van der Waals surface area contributed by atoms with Crippen LogP contribution < -0.4 is 10.3 Å². The maximum atomic E-state index is 11.9. The first-order valence-corrected chi connectivity index (χ1v) is 5.89. The largest absolute Gasteiger partial charge is 0.495 e. The van der Waals surface area contributed by atoms with Crippen molar-refractivity contribution in [3.63, 3.8) is 0 Å². The van der Waals surface area contributed by atoms with Gasteiger partial charge in [0.1, 0.15) is 11.8 Å². The van der Waals surface area contributed by atoms with Gasteiger partial charge < -0.3 is 9.30 Å². The van der Waals surface area contributed by atoms with Crippen LogP contribution in [0.25, 0.3) is 0 Å². The molecule has 0 atom stereocenters. The number of hydrogen-bond donors (Lipinski definition) is 0. The Kier molecular flexibility index (Phi) is 3.67. The quantitative estimate of drug-likeness (QED) is 0.842. The van der Waals surface area contributed by atoms with Gasteiger partial charge >= 0.3 is 0 Å². The maximum Gasteiger partial charge on any atom is 0.253 e. The first kappa shape index (κ1) is 12.9. The zero-order valence-electron chi connectivity index (χ0n) is 10.9. The summed E-state index contributed by atoms with van der Waals surface area (Å²) >= 11 is 0. The third-order valence-electron chi connectivity index (χ3n) is 2.95. The highest BCUT2D eigenvalue weighted by molar-refractivity contribution is 5.45. The molecule has 0 aliphatic carbocycles. The number of ether oxygens (including phenoxy) is 1. The molecule has 0 saturated heterocycles. The van der Waals surface area contributed by atoms with Gasteiger partial charge in [0, 0.05) is 11.8 Å². The van der Waals surface area contributed by atoms with Gasteiger partial charge in [0.15, 0.2) is 0 Å². The van der Waals surface area contributed by atoms with E-state index < -0.39 is 0 Å². The van der Waals surface area contributed by atoms with Gasteiger partial charge in [0.05, 0.1) is 19.2 Å². The number of aryl methyl sites for hydroxylation is 1. The number of nitriles is 1. The molecule has 19 heavy (non-hydrogen) atoms. The van der Waals surface area contributed by atoms with Gasteiger partial charge in [-0.3, -0.25) is 4.79 Å². The fourth-order valence-electron chi connectivity index (χ4n) is 1.90. The summed E-state index contributed by atoms with van der Waals surface area (Å²) < 4.78 is 6.79. The molecule has 0 aliphatic rings. The minimum Gasteiger partial charge on any atom is -0.495 e. The van der Waals surface area contributed by atoms with Gasteiger partial charge in [-0.2, -0.15) is 5.26 Å². The number of benzene rings is 1. The summed E-state index contributed by atoms with van der Waals surface area (Å²) in [4.78, 5) is 11.9. The van der Waals surface area contributed by atoms with Crippen molar-refractivity contribution in [3.05, 3.63) is 63.6 Å². The molecule has 0 N–H and O–H groups in total. The van der Waals surface area contributed by atoms with E-state index in [1.807, 2.05) is 12.1 Å². The van der Waals surface area contributed by atoms with E-state index >= 15 is 0 Å². The number of pyridine rings is 1. The SMILES string of the molecule is COc1cc(Cn2cccc(C)c2=O)ccc1C#N. The monoisotopic (exact) mass is 254 g/mol. The summed E-state index contributed by atoms with van der Waals surface area (Å²) in [7, 11) is 1.53. The van der Waals surface area contributed by atoms with Gasteiger partial charge in [0.2, 0.25) is 0 Å². The lowest BCUT2D eigenvalue weighted by atomic mass is 10.1. The Hall–Kier alpha value is -2.54. The van der Waals surface area contributed by atoms with Gasteiger partial charge in [-0.05, 0) is 30.7 Å². The molecule has 0 radical (unpaired) electrons. The molecule has 0 unspecified atom stereocenters. The molecule has 4 nitrogen and oxygen atoms in total. The van der Waals surface area contributed by atoms with E-state index in [2.05, 4.69) is 6.07 Å². The first-order valence-electron chi connectivity index (χ1n) is 5.89. The minimum atomic E-state index is -0.00849. The lowest BCUT2D eigenvalue weighted by Gasteiger charge is -2.09. The van der Waals surface area contributed by atoms with Crippen LogP contribution in [0.1, 0.15) is 16.7 Å². The highest BCUT2D eigenvalue weighted by Gasteiger charge is 2.05. The predicted octanol–water partition coefficient (Wildman–Crippen LogP) is 2.09. The lowest BCUT2D eigenvalue weighted by Crippen LogP contribution is -2.21. The highest BCUT2D eigenvalue weighted by atomic mass is 16.5. The Balaban J connectivity index is 2.37. The van der Waals surface area contributed by atoms with E-state index in [1.54, 1.807) is 35.9 Å². The van der Waals surface area contributed by atoms with Crippen molar-refractivity contribution in [2.45, 2.75) is 13.5 Å². The molecule has 1 aromatic carbocycles. The molecule has 1 heterocycles. The van der Waals surface area contributed by atoms with Crippen LogP contribution in [0.5, 0.6) is 5.75 Å². The summed E-state index contributed by atoms with van der Waals surface area (Å²) in [5.41, 5.74) is 2.11. The van der Waals surface area contributed by atoms with E-state index in [0.29, 0.717) is 23.4 Å². The lowest BCUT2D eigenvalue weighted by molar-refractivity contribution is 0.413. The van der Waals surface area contributed by atoms with E-state index in [9.17, 15) is 4.79 Å². The molecule has 1 aromatic heterocycles. The van der Waals surface area contributed by atoms with Crippen molar-refractivity contribution < 1.29 is 4.74 Å². The second-order valence-corrected chi connectivity index (χ2v) is 4.27. The topological polar surface area (TPSA) is 55.0 Å². The van der Waals surface area contributed by atoms with E-state index in [4.69, 9.17) is 10.00 Å². The normalized spacial score (nSPS) is 9.95. The molecule has 2 aromatic rings. The molecular weight excluding hydrogens is 240 g/mol. The first-order chi connectivity index (χ1) is 9.15. The summed E-state index contributed by atoms with van der Waals surface area (Å²) in [5, 5.41) is 8.93. The van der Waals surface area contributed by atoms with Gasteiger partial charge in [0.25, 0.3) is 5.56 Å². The van der Waals surface area contributed by atoms with E-state index in [-0.39, 0.29) is 5.56 Å². The van der Waals surface area contributed by atoms with Crippen LogP contribution in [0.3, 0.4) is 0 Å². The van der Waals surface area contributed by atoms with E-state index in [0.717, 1.165) is 5.56 Å². The van der Waals surface area contributed by atoms with Crippen LogP contribution in [-0.4, -0.2) is 11.7 Å². The van der Waals surface area contributed by atoms with Gasteiger partial charge in [-0.15, -0.1) is 0 Å². The van der Waals surface area contributed by atoms with Crippen LogP contribution in [-0.2, 0) is 6.54 Å². The van der Waals surface area contributed by atoms with Gasteiger partial charge in [-0.25, -0.2) is 0 Å². The highest BCUT2D eigenvalue weighted by Crippen LogP contribution is 2.19. The van der Waals surface area contributed by atoms with Crippen molar-refractivity contribution >= 4 is 0 Å². The van der Waals surface area contributed by atoms with Crippen LogP contribution >= 0.6 is 0 Å². The number of methoxy groups -OCH3 is 1. The third-order valence-corrected chi connectivity index (χ3v) is 2.95. The molecule has 0 saturated carbocycles. The summed E-state index contributed by atoms with van der Waals surface area (Å²) in [6.45, 7) is 2.25. The Labute approximate surface area is 111 Å². The van der Waals surface area contributed by atoms with Crippen molar-refractivity contribution in [2.75, 3.05) is 7.11 Å². The molecule has 0 bridgehead atoms. The fraction of sp³-hybridized carbons (Fsp3) is 0.200. The minimum absolute atomic E-state index is 0.00849. The van der Waals surface area contributed by atoms with Crippen LogP contribution in [0.4, 0.5) is 0 Å². The van der Waals surface area contributed by atoms with Gasteiger partial charge in [-0.1, -0.05) is 12.1 Å². The molecule has 2 rings (SSSR count). The van der Waals surface area contributed by atoms with E-state index in [1.165, 1.54) is 7.11 Å². The fourth-order valence-corrected chi connectivity index (χ4v) is 1.90. The number of nitrogens with zero attached hydrogens (tertiary/aromatic N) is 2. The zero-order chi connectivity index (χ0) is 13.8. The molecule has 0 aliphatic heterocycles.